The zero-order chi connectivity index (χ0) is 15.2. The van der Waals surface area contributed by atoms with Crippen molar-refractivity contribution in [3.63, 3.8) is 0 Å². The van der Waals surface area contributed by atoms with Crippen molar-refractivity contribution in [2.24, 2.45) is 11.7 Å². The van der Waals surface area contributed by atoms with Gasteiger partial charge in [0.25, 0.3) is 0 Å². The van der Waals surface area contributed by atoms with Crippen molar-refractivity contribution in [1.82, 2.24) is 9.80 Å². The van der Waals surface area contributed by atoms with Gasteiger partial charge in [0.1, 0.15) is 0 Å². The number of hydrogen-bond acceptors (Lipinski definition) is 4. The second-order valence-corrected chi connectivity index (χ2v) is 6.70. The molecule has 122 valence electrons. The van der Waals surface area contributed by atoms with Crippen LogP contribution < -0.4 is 5.73 Å². The monoisotopic (exact) mass is 297 g/mol. The van der Waals surface area contributed by atoms with Gasteiger partial charge in [-0.05, 0) is 45.8 Å². The second kappa shape index (κ2) is 8.11. The third kappa shape index (κ3) is 4.41. The minimum Gasteiger partial charge on any atom is -0.395 e. The van der Waals surface area contributed by atoms with Gasteiger partial charge in [-0.15, -0.1) is 0 Å². The normalized spacial score (nSPS) is 29.1. The first-order valence-electron chi connectivity index (χ1n) is 8.49. The Labute approximate surface area is 128 Å². The number of likely N-dealkylation sites (tertiary alicyclic amines) is 1. The second-order valence-electron chi connectivity index (χ2n) is 6.70. The highest BCUT2D eigenvalue weighted by molar-refractivity contribution is 5.80. The lowest BCUT2D eigenvalue weighted by Crippen LogP contribution is -2.52. The smallest absolute Gasteiger partial charge is 0.227 e. The SMILES string of the molecule is CN1CCC(N(CCO)C(=O)C2CCCCCC2N)CC1. The molecule has 5 nitrogen and oxygen atoms in total. The largest absolute Gasteiger partial charge is 0.395 e. The molecule has 2 aliphatic rings. The standard InChI is InChI=1S/C16H31N3O2/c1-18-9-7-13(8-10-18)19(11-12-20)16(21)14-5-3-2-4-6-15(14)17/h13-15,20H,2-12,17H2,1H3. The Balaban J connectivity index is 2.03. The minimum absolute atomic E-state index is 0.00698. The molecule has 1 saturated carbocycles. The van der Waals surface area contributed by atoms with Gasteiger partial charge >= 0.3 is 0 Å². The Kier molecular flexibility index (Phi) is 6.45. The molecule has 3 N–H and O–H groups in total. The molecule has 5 heteroatoms. The Morgan fingerprint density at radius 1 is 1.19 bits per heavy atom. The molecule has 2 unspecified atom stereocenters. The van der Waals surface area contributed by atoms with E-state index in [1.165, 1.54) is 6.42 Å². The molecule has 1 heterocycles. The van der Waals surface area contributed by atoms with E-state index >= 15 is 0 Å². The lowest BCUT2D eigenvalue weighted by Gasteiger charge is -2.39. The maximum atomic E-state index is 13.0. The number of rotatable bonds is 4. The summed E-state index contributed by atoms with van der Waals surface area (Å²) in [6.45, 7) is 2.55. The molecule has 0 aromatic rings. The average molecular weight is 297 g/mol. The van der Waals surface area contributed by atoms with Crippen LogP contribution in [0.2, 0.25) is 0 Å². The van der Waals surface area contributed by atoms with E-state index in [9.17, 15) is 9.90 Å². The highest BCUT2D eigenvalue weighted by atomic mass is 16.3. The number of carbonyl (C=O) groups excluding carboxylic acids is 1. The first-order valence-corrected chi connectivity index (χ1v) is 8.49. The summed E-state index contributed by atoms with van der Waals surface area (Å²) in [6.07, 6.45) is 7.30. The summed E-state index contributed by atoms with van der Waals surface area (Å²) >= 11 is 0. The van der Waals surface area contributed by atoms with Crippen molar-refractivity contribution < 1.29 is 9.90 Å². The van der Waals surface area contributed by atoms with Gasteiger partial charge < -0.3 is 20.6 Å². The van der Waals surface area contributed by atoms with E-state index in [0.29, 0.717) is 6.54 Å². The van der Waals surface area contributed by atoms with Gasteiger partial charge in [0, 0.05) is 18.6 Å². The number of aliphatic hydroxyl groups excluding tert-OH is 1. The fraction of sp³-hybridized carbons (Fsp3) is 0.938. The zero-order valence-corrected chi connectivity index (χ0v) is 13.3. The van der Waals surface area contributed by atoms with Gasteiger partial charge in [-0.2, -0.15) is 0 Å². The first-order chi connectivity index (χ1) is 10.1. The molecule has 2 rings (SSSR count). The summed E-state index contributed by atoms with van der Waals surface area (Å²) in [5.41, 5.74) is 6.25. The predicted octanol–water partition coefficient (Wildman–Crippen LogP) is 0.809. The lowest BCUT2D eigenvalue weighted by molar-refractivity contribution is -0.140. The number of carbonyl (C=O) groups is 1. The molecule has 21 heavy (non-hydrogen) atoms. The van der Waals surface area contributed by atoms with Gasteiger partial charge in [-0.25, -0.2) is 0 Å². The Morgan fingerprint density at radius 3 is 2.52 bits per heavy atom. The molecule has 1 amide bonds. The van der Waals surface area contributed by atoms with Crippen molar-refractivity contribution in [2.75, 3.05) is 33.3 Å². The van der Waals surface area contributed by atoms with Crippen molar-refractivity contribution in [1.29, 1.82) is 0 Å². The van der Waals surface area contributed by atoms with Crippen LogP contribution in [0.3, 0.4) is 0 Å². The molecule has 2 atom stereocenters. The number of aliphatic hydroxyl groups is 1. The third-order valence-electron chi connectivity index (χ3n) is 5.14. The van der Waals surface area contributed by atoms with Crippen molar-refractivity contribution in [2.45, 2.75) is 57.0 Å². The summed E-state index contributed by atoms with van der Waals surface area (Å²) < 4.78 is 0. The van der Waals surface area contributed by atoms with Crippen LogP contribution in [0.1, 0.15) is 44.9 Å². The van der Waals surface area contributed by atoms with E-state index in [0.717, 1.165) is 51.6 Å². The van der Waals surface area contributed by atoms with Crippen LogP contribution in [0.4, 0.5) is 0 Å². The van der Waals surface area contributed by atoms with Crippen molar-refractivity contribution in [3.05, 3.63) is 0 Å². The number of hydrogen-bond donors (Lipinski definition) is 2. The molecule has 1 aliphatic heterocycles. The van der Waals surface area contributed by atoms with Gasteiger partial charge in [0.15, 0.2) is 0 Å². The molecule has 0 aromatic heterocycles. The van der Waals surface area contributed by atoms with Crippen LogP contribution in [0.5, 0.6) is 0 Å². The molecule has 0 aromatic carbocycles. The summed E-state index contributed by atoms with van der Waals surface area (Å²) in [5.74, 6) is 0.145. The van der Waals surface area contributed by atoms with Crippen LogP contribution in [0, 0.1) is 5.92 Å². The summed E-state index contributed by atoms with van der Waals surface area (Å²) in [5, 5.41) is 9.35. The van der Waals surface area contributed by atoms with Crippen molar-refractivity contribution >= 4 is 5.91 Å². The topological polar surface area (TPSA) is 69.8 Å². The first kappa shape index (κ1) is 16.7. The van der Waals surface area contributed by atoms with Gasteiger partial charge in [-0.3, -0.25) is 4.79 Å². The van der Waals surface area contributed by atoms with E-state index in [1.54, 1.807) is 0 Å². The molecule has 0 radical (unpaired) electrons. The number of amides is 1. The van der Waals surface area contributed by atoms with E-state index in [-0.39, 0.29) is 30.5 Å². The van der Waals surface area contributed by atoms with E-state index < -0.39 is 0 Å². The molecule has 1 saturated heterocycles. The number of piperidine rings is 1. The molecular formula is C16H31N3O2. The molecule has 1 aliphatic carbocycles. The fourth-order valence-electron chi connectivity index (χ4n) is 3.74. The fourth-order valence-corrected chi connectivity index (χ4v) is 3.74. The van der Waals surface area contributed by atoms with Gasteiger partial charge in [0.2, 0.25) is 5.91 Å². The Bertz CT molecular complexity index is 329. The molecule has 2 fully saturated rings. The lowest BCUT2D eigenvalue weighted by atomic mass is 9.92. The summed E-state index contributed by atoms with van der Waals surface area (Å²) in [6, 6.07) is 0.267. The van der Waals surface area contributed by atoms with Crippen LogP contribution in [0.25, 0.3) is 0 Å². The van der Waals surface area contributed by atoms with Gasteiger partial charge in [-0.1, -0.05) is 19.3 Å². The quantitative estimate of drug-likeness (QED) is 0.753. The maximum Gasteiger partial charge on any atom is 0.227 e. The van der Waals surface area contributed by atoms with Crippen LogP contribution >= 0.6 is 0 Å². The molecule has 0 bridgehead atoms. The van der Waals surface area contributed by atoms with Gasteiger partial charge in [0.05, 0.1) is 12.5 Å². The highest BCUT2D eigenvalue weighted by Gasteiger charge is 2.34. The maximum absolute atomic E-state index is 13.0. The van der Waals surface area contributed by atoms with E-state index in [4.69, 9.17) is 5.73 Å². The Morgan fingerprint density at radius 2 is 1.86 bits per heavy atom. The molecule has 0 spiro atoms. The number of nitrogens with two attached hydrogens (primary N) is 1. The summed E-state index contributed by atoms with van der Waals surface area (Å²) in [4.78, 5) is 17.2. The zero-order valence-electron chi connectivity index (χ0n) is 13.3. The predicted molar refractivity (Wildman–Crippen MR) is 83.9 cm³/mol. The van der Waals surface area contributed by atoms with Crippen LogP contribution in [-0.2, 0) is 4.79 Å². The number of nitrogens with zero attached hydrogens (tertiary/aromatic N) is 2. The minimum atomic E-state index is -0.0429. The third-order valence-corrected chi connectivity index (χ3v) is 5.14. The van der Waals surface area contributed by atoms with E-state index in [1.807, 2.05) is 4.90 Å². The molecular weight excluding hydrogens is 266 g/mol. The van der Waals surface area contributed by atoms with Crippen LogP contribution in [-0.4, -0.2) is 66.2 Å². The van der Waals surface area contributed by atoms with Crippen molar-refractivity contribution in [3.8, 4) is 0 Å². The van der Waals surface area contributed by atoms with Crippen LogP contribution in [0.15, 0.2) is 0 Å². The highest BCUT2D eigenvalue weighted by Crippen LogP contribution is 2.26. The average Bonchev–Trinajstić information content (AvgIpc) is 2.70. The Hall–Kier alpha value is -0.650. The van der Waals surface area contributed by atoms with E-state index in [2.05, 4.69) is 11.9 Å². The summed E-state index contributed by atoms with van der Waals surface area (Å²) in [7, 11) is 2.12.